The molecule has 2 aromatic carbocycles. The van der Waals surface area contributed by atoms with Crippen molar-refractivity contribution < 1.29 is 4.79 Å². The number of carbonyl (C=O) groups excluding carboxylic acids is 1. The fourth-order valence-corrected chi connectivity index (χ4v) is 1.88. The third kappa shape index (κ3) is 3.32. The highest BCUT2D eigenvalue weighted by atomic mass is 16.1. The maximum atomic E-state index is 11.0. The highest BCUT2D eigenvalue weighted by Gasteiger charge is 2.00. The minimum atomic E-state index is -0.388. The fourth-order valence-electron chi connectivity index (χ4n) is 1.88. The number of carbonyl (C=O) groups is 1. The Kier molecular flexibility index (Phi) is 3.81. The Hall–Kier alpha value is -2.35. The molecular weight excluding hydrogens is 234 g/mol. The number of nitrogens with two attached hydrogens (primary N) is 1. The maximum Gasteiger partial charge on any atom is 0.244 e. The normalized spacial score (nSPS) is 11.4. The molecule has 0 saturated carbocycles. The molecule has 1 amide bonds. The van der Waals surface area contributed by atoms with Crippen molar-refractivity contribution in [2.75, 3.05) is 0 Å². The summed E-state index contributed by atoms with van der Waals surface area (Å²) in [5.41, 5.74) is 10.3. The summed E-state index contributed by atoms with van der Waals surface area (Å²) in [7, 11) is 0. The molecule has 2 nitrogen and oxygen atoms in total. The number of amides is 1. The number of hydrogen-bond acceptors (Lipinski definition) is 1. The van der Waals surface area contributed by atoms with Gasteiger partial charge in [0, 0.05) is 5.57 Å². The van der Waals surface area contributed by atoms with Crippen molar-refractivity contribution in [1.29, 1.82) is 0 Å². The molecule has 0 aliphatic heterocycles. The molecular formula is C17H17NO. The van der Waals surface area contributed by atoms with Crippen LogP contribution < -0.4 is 5.73 Å². The van der Waals surface area contributed by atoms with Crippen LogP contribution in [0.2, 0.25) is 0 Å². The molecule has 19 heavy (non-hydrogen) atoms. The van der Waals surface area contributed by atoms with Crippen LogP contribution in [-0.2, 0) is 4.79 Å². The van der Waals surface area contributed by atoms with Crippen molar-refractivity contribution in [2.45, 2.75) is 13.8 Å². The molecule has 0 radical (unpaired) electrons. The van der Waals surface area contributed by atoms with Gasteiger partial charge in [-0.1, -0.05) is 48.0 Å². The van der Waals surface area contributed by atoms with Crippen molar-refractivity contribution in [3.8, 4) is 11.1 Å². The highest BCUT2D eigenvalue weighted by molar-refractivity contribution is 5.96. The van der Waals surface area contributed by atoms with Gasteiger partial charge in [-0.2, -0.15) is 0 Å². The first kappa shape index (κ1) is 13.1. The Morgan fingerprint density at radius 1 is 1.05 bits per heavy atom. The zero-order valence-electron chi connectivity index (χ0n) is 11.2. The van der Waals surface area contributed by atoms with E-state index in [4.69, 9.17) is 5.73 Å². The second-order valence-electron chi connectivity index (χ2n) is 4.68. The number of aryl methyl sites for hydroxylation is 1. The summed E-state index contributed by atoms with van der Waals surface area (Å²) in [6.45, 7) is 3.79. The van der Waals surface area contributed by atoms with Crippen molar-refractivity contribution in [3.63, 3.8) is 0 Å². The number of benzene rings is 2. The van der Waals surface area contributed by atoms with Crippen LogP contribution in [0, 0.1) is 6.92 Å². The summed E-state index contributed by atoms with van der Waals surface area (Å²) >= 11 is 0. The van der Waals surface area contributed by atoms with E-state index >= 15 is 0 Å². The molecule has 0 aliphatic rings. The van der Waals surface area contributed by atoms with E-state index in [2.05, 4.69) is 43.3 Å². The SMILES string of the molecule is C/C(=C\c1cccc(-c2ccc(C)cc2)c1)C(N)=O. The summed E-state index contributed by atoms with van der Waals surface area (Å²) in [5, 5.41) is 0. The molecule has 0 unspecified atom stereocenters. The Morgan fingerprint density at radius 2 is 1.74 bits per heavy atom. The molecule has 2 rings (SSSR count). The Balaban J connectivity index is 2.37. The van der Waals surface area contributed by atoms with Crippen molar-refractivity contribution in [2.24, 2.45) is 5.73 Å². The molecule has 0 aliphatic carbocycles. The summed E-state index contributed by atoms with van der Waals surface area (Å²) in [4.78, 5) is 11.0. The molecule has 2 heteroatoms. The largest absolute Gasteiger partial charge is 0.366 e. The van der Waals surface area contributed by atoms with Gasteiger partial charge in [0.25, 0.3) is 0 Å². The van der Waals surface area contributed by atoms with Gasteiger partial charge in [0.2, 0.25) is 5.91 Å². The van der Waals surface area contributed by atoms with Crippen LogP contribution in [0.3, 0.4) is 0 Å². The summed E-state index contributed by atoms with van der Waals surface area (Å²) < 4.78 is 0. The molecule has 0 bridgehead atoms. The third-order valence-corrected chi connectivity index (χ3v) is 3.04. The minimum Gasteiger partial charge on any atom is -0.366 e. The standard InChI is InChI=1S/C17H17NO/c1-12-6-8-15(9-7-12)16-5-3-4-14(11-16)10-13(2)17(18)19/h3-11H,1-2H3,(H2,18,19)/b13-10+. The average Bonchev–Trinajstić information content (AvgIpc) is 2.39. The quantitative estimate of drug-likeness (QED) is 0.833. The lowest BCUT2D eigenvalue weighted by Crippen LogP contribution is -2.11. The van der Waals surface area contributed by atoms with Crippen molar-refractivity contribution in [1.82, 2.24) is 0 Å². The van der Waals surface area contributed by atoms with Gasteiger partial charge >= 0.3 is 0 Å². The van der Waals surface area contributed by atoms with Gasteiger partial charge in [-0.15, -0.1) is 0 Å². The van der Waals surface area contributed by atoms with Crippen molar-refractivity contribution >= 4 is 12.0 Å². The lowest BCUT2D eigenvalue weighted by molar-refractivity contribution is -0.114. The molecule has 2 N–H and O–H groups in total. The molecule has 96 valence electrons. The number of hydrogen-bond donors (Lipinski definition) is 1. The predicted molar refractivity (Wildman–Crippen MR) is 79.5 cm³/mol. The van der Waals surface area contributed by atoms with Crippen LogP contribution in [0.4, 0.5) is 0 Å². The van der Waals surface area contributed by atoms with E-state index in [9.17, 15) is 4.79 Å². The monoisotopic (exact) mass is 251 g/mol. The maximum absolute atomic E-state index is 11.0. The van der Waals surface area contributed by atoms with Gasteiger partial charge < -0.3 is 5.73 Å². The van der Waals surface area contributed by atoms with E-state index in [1.165, 1.54) is 5.56 Å². The predicted octanol–water partition coefficient (Wildman–Crippen LogP) is 3.55. The lowest BCUT2D eigenvalue weighted by Gasteiger charge is -2.04. The molecule has 0 heterocycles. The molecule has 0 aromatic heterocycles. The van der Waals surface area contributed by atoms with Gasteiger partial charge in [0.1, 0.15) is 0 Å². The first-order chi connectivity index (χ1) is 9.06. The molecule has 2 aromatic rings. The average molecular weight is 251 g/mol. The molecule has 0 atom stereocenters. The fraction of sp³-hybridized carbons (Fsp3) is 0.118. The van der Waals surface area contributed by atoms with E-state index in [0.717, 1.165) is 16.7 Å². The summed E-state index contributed by atoms with van der Waals surface area (Å²) in [5.74, 6) is -0.388. The van der Waals surface area contributed by atoms with Gasteiger partial charge in [0.15, 0.2) is 0 Å². The summed E-state index contributed by atoms with van der Waals surface area (Å²) in [6, 6.07) is 16.4. The molecule has 0 spiro atoms. The van der Waals surface area contributed by atoms with Gasteiger partial charge in [-0.05, 0) is 42.7 Å². The minimum absolute atomic E-state index is 0.388. The topological polar surface area (TPSA) is 43.1 Å². The van der Waals surface area contributed by atoms with E-state index in [0.29, 0.717) is 5.57 Å². The second kappa shape index (κ2) is 5.53. The van der Waals surface area contributed by atoms with E-state index in [-0.39, 0.29) is 5.91 Å². The zero-order chi connectivity index (χ0) is 13.8. The highest BCUT2D eigenvalue weighted by Crippen LogP contribution is 2.21. The van der Waals surface area contributed by atoms with Crippen molar-refractivity contribution in [3.05, 3.63) is 65.2 Å². The smallest absolute Gasteiger partial charge is 0.244 e. The molecule has 0 saturated heterocycles. The lowest BCUT2D eigenvalue weighted by atomic mass is 10.0. The van der Waals surface area contributed by atoms with Gasteiger partial charge in [0.05, 0.1) is 0 Å². The Bertz CT molecular complexity index is 624. The second-order valence-corrected chi connectivity index (χ2v) is 4.68. The Morgan fingerprint density at radius 3 is 2.37 bits per heavy atom. The van der Waals surface area contributed by atoms with Crippen LogP contribution in [0.5, 0.6) is 0 Å². The zero-order valence-corrected chi connectivity index (χ0v) is 11.2. The van der Waals surface area contributed by atoms with Crippen LogP contribution in [0.1, 0.15) is 18.1 Å². The van der Waals surface area contributed by atoms with Crippen LogP contribution in [0.25, 0.3) is 17.2 Å². The van der Waals surface area contributed by atoms with Crippen LogP contribution in [0.15, 0.2) is 54.1 Å². The Labute approximate surface area is 113 Å². The van der Waals surface area contributed by atoms with E-state index < -0.39 is 0 Å². The van der Waals surface area contributed by atoms with E-state index in [1.54, 1.807) is 13.0 Å². The van der Waals surface area contributed by atoms with E-state index in [1.807, 2.05) is 12.1 Å². The third-order valence-electron chi connectivity index (χ3n) is 3.04. The summed E-state index contributed by atoms with van der Waals surface area (Å²) in [6.07, 6.45) is 1.81. The number of primary amides is 1. The van der Waals surface area contributed by atoms with Crippen LogP contribution in [-0.4, -0.2) is 5.91 Å². The molecule has 0 fully saturated rings. The van der Waals surface area contributed by atoms with Gasteiger partial charge in [-0.3, -0.25) is 4.79 Å². The van der Waals surface area contributed by atoms with Crippen LogP contribution >= 0.6 is 0 Å². The first-order valence-electron chi connectivity index (χ1n) is 6.21. The number of rotatable bonds is 3. The van der Waals surface area contributed by atoms with Gasteiger partial charge in [-0.25, -0.2) is 0 Å². The first-order valence-corrected chi connectivity index (χ1v) is 6.21.